The van der Waals surface area contributed by atoms with Gasteiger partial charge in [-0.15, -0.1) is 0 Å². The lowest BCUT2D eigenvalue weighted by Crippen LogP contribution is -2.33. The Bertz CT molecular complexity index is 1500. The third-order valence-corrected chi connectivity index (χ3v) is 9.04. The Kier molecular flexibility index (Phi) is 7.51. The molecule has 5 heterocycles. The summed E-state index contributed by atoms with van der Waals surface area (Å²) in [5.74, 6) is 0.767. The van der Waals surface area contributed by atoms with Crippen LogP contribution in [0.4, 0.5) is 11.4 Å². The van der Waals surface area contributed by atoms with Crippen molar-refractivity contribution < 1.29 is 0 Å². The maximum atomic E-state index is 6.97. The number of halogens is 1. The molecule has 1 N–H and O–H groups in total. The van der Waals surface area contributed by atoms with Crippen LogP contribution in [0.5, 0.6) is 0 Å². The first-order chi connectivity index (χ1) is 19.4. The Morgan fingerprint density at radius 3 is 2.55 bits per heavy atom. The molecular weight excluding hydrogens is 536 g/mol. The lowest BCUT2D eigenvalue weighted by Gasteiger charge is -2.33. The molecule has 0 amide bonds. The lowest BCUT2D eigenvalue weighted by atomic mass is 9.96. The van der Waals surface area contributed by atoms with Gasteiger partial charge in [0.15, 0.2) is 5.11 Å². The Hall–Kier alpha value is -3.42. The number of pyridine rings is 2. The number of nitrogens with zero attached hydrogens (tertiary/aromatic N) is 5. The third-order valence-electron chi connectivity index (χ3n) is 8.43. The van der Waals surface area contributed by atoms with Crippen molar-refractivity contribution in [2.75, 3.05) is 22.9 Å². The van der Waals surface area contributed by atoms with Gasteiger partial charge in [0.05, 0.1) is 28.5 Å². The quantitative estimate of drug-likeness (QED) is 0.252. The monoisotopic (exact) mass is 570 g/mol. The van der Waals surface area contributed by atoms with Crippen molar-refractivity contribution in [1.29, 1.82) is 0 Å². The second-order valence-corrected chi connectivity index (χ2v) is 11.9. The molecule has 0 radical (unpaired) electrons. The predicted molar refractivity (Wildman–Crippen MR) is 167 cm³/mol. The molecule has 2 fully saturated rings. The van der Waals surface area contributed by atoms with Gasteiger partial charge in [-0.1, -0.05) is 30.7 Å². The summed E-state index contributed by atoms with van der Waals surface area (Å²) in [6.45, 7) is 9.53. The van der Waals surface area contributed by atoms with E-state index < -0.39 is 0 Å². The van der Waals surface area contributed by atoms with E-state index in [4.69, 9.17) is 28.8 Å². The largest absolute Gasteiger partial charge is 0.370 e. The molecule has 4 aromatic rings. The molecule has 1 aromatic carbocycles. The summed E-state index contributed by atoms with van der Waals surface area (Å²) >= 11 is 13.0. The number of aromatic nitrogens is 3. The highest BCUT2D eigenvalue weighted by atomic mass is 35.5. The van der Waals surface area contributed by atoms with E-state index >= 15 is 0 Å². The molecule has 2 aliphatic heterocycles. The van der Waals surface area contributed by atoms with Crippen LogP contribution >= 0.6 is 23.8 Å². The first kappa shape index (κ1) is 26.8. The number of piperidine rings is 1. The first-order valence-corrected chi connectivity index (χ1v) is 14.8. The van der Waals surface area contributed by atoms with Gasteiger partial charge < -0.3 is 19.7 Å². The van der Waals surface area contributed by atoms with Crippen molar-refractivity contribution in [2.24, 2.45) is 5.92 Å². The van der Waals surface area contributed by atoms with Crippen molar-refractivity contribution in [3.8, 4) is 0 Å². The molecule has 6 nitrogen and oxygen atoms in total. The molecule has 0 spiro atoms. The Morgan fingerprint density at radius 1 is 1.02 bits per heavy atom. The van der Waals surface area contributed by atoms with Crippen molar-refractivity contribution in [2.45, 2.75) is 52.2 Å². The fraction of sp³-hybridized carbons (Fsp3) is 0.344. The summed E-state index contributed by atoms with van der Waals surface area (Å²) in [5.41, 5.74) is 7.83. The average Bonchev–Trinajstić information content (AvgIpc) is 3.45. The predicted octanol–water partition coefficient (Wildman–Crippen LogP) is 7.01. The van der Waals surface area contributed by atoms with Gasteiger partial charge in [0.1, 0.15) is 0 Å². The van der Waals surface area contributed by atoms with Crippen LogP contribution < -0.4 is 15.1 Å². The van der Waals surface area contributed by atoms with Crippen molar-refractivity contribution in [1.82, 2.24) is 19.9 Å². The smallest absolute Gasteiger partial charge is 0.174 e. The second kappa shape index (κ2) is 11.2. The van der Waals surface area contributed by atoms with Gasteiger partial charge in [-0.2, -0.15) is 0 Å². The van der Waals surface area contributed by atoms with Gasteiger partial charge in [-0.25, -0.2) is 0 Å². The number of aryl methyl sites for hydroxylation is 1. The number of nitrogens with one attached hydrogen (secondary N) is 1. The molecule has 3 aromatic heterocycles. The highest BCUT2D eigenvalue weighted by Crippen LogP contribution is 2.45. The van der Waals surface area contributed by atoms with E-state index in [1.165, 1.54) is 35.4 Å². The molecule has 0 aliphatic carbocycles. The molecule has 206 valence electrons. The zero-order valence-corrected chi connectivity index (χ0v) is 24.8. The summed E-state index contributed by atoms with van der Waals surface area (Å²) in [6.07, 6.45) is 7.98. The Labute approximate surface area is 247 Å². The number of hydrogen-bond acceptors (Lipinski definition) is 4. The summed E-state index contributed by atoms with van der Waals surface area (Å²) < 4.78 is 2.36. The van der Waals surface area contributed by atoms with Crippen LogP contribution in [0.15, 0.2) is 73.2 Å². The normalized spacial score (nSPS) is 19.8. The minimum absolute atomic E-state index is 0.0889. The molecule has 6 rings (SSSR count). The van der Waals surface area contributed by atoms with Crippen LogP contribution in [-0.4, -0.2) is 32.7 Å². The lowest BCUT2D eigenvalue weighted by molar-refractivity contribution is 0.438. The van der Waals surface area contributed by atoms with Crippen LogP contribution in [0.25, 0.3) is 0 Å². The molecule has 2 atom stereocenters. The molecule has 0 unspecified atom stereocenters. The third kappa shape index (κ3) is 5.08. The van der Waals surface area contributed by atoms with Gasteiger partial charge in [-0.3, -0.25) is 9.97 Å². The van der Waals surface area contributed by atoms with Crippen molar-refractivity contribution >= 4 is 40.3 Å². The molecular formula is C32H35ClN6S. The van der Waals surface area contributed by atoms with Gasteiger partial charge >= 0.3 is 0 Å². The zero-order valence-electron chi connectivity index (χ0n) is 23.2. The second-order valence-electron chi connectivity index (χ2n) is 11.1. The van der Waals surface area contributed by atoms with Crippen molar-refractivity contribution in [3.05, 3.63) is 106 Å². The van der Waals surface area contributed by atoms with Crippen LogP contribution in [-0.2, 0) is 6.54 Å². The van der Waals surface area contributed by atoms with E-state index in [0.717, 1.165) is 47.6 Å². The highest BCUT2D eigenvalue weighted by Gasteiger charge is 2.42. The number of hydrogen-bond donors (Lipinski definition) is 1. The Balaban J connectivity index is 1.40. The highest BCUT2D eigenvalue weighted by molar-refractivity contribution is 7.80. The maximum absolute atomic E-state index is 6.97. The summed E-state index contributed by atoms with van der Waals surface area (Å²) in [5, 5.41) is 5.03. The van der Waals surface area contributed by atoms with Gasteiger partial charge in [0.25, 0.3) is 0 Å². The Morgan fingerprint density at radius 2 is 1.85 bits per heavy atom. The fourth-order valence-electron chi connectivity index (χ4n) is 6.15. The number of anilines is 2. The van der Waals surface area contributed by atoms with E-state index in [-0.39, 0.29) is 12.1 Å². The minimum Gasteiger partial charge on any atom is -0.370 e. The zero-order chi connectivity index (χ0) is 27.8. The van der Waals surface area contributed by atoms with E-state index in [9.17, 15) is 0 Å². The van der Waals surface area contributed by atoms with Crippen LogP contribution in [0.2, 0.25) is 5.02 Å². The van der Waals surface area contributed by atoms with Gasteiger partial charge in [0.2, 0.25) is 0 Å². The topological polar surface area (TPSA) is 49.2 Å². The molecule has 40 heavy (non-hydrogen) atoms. The maximum Gasteiger partial charge on any atom is 0.174 e. The minimum atomic E-state index is -0.108. The summed E-state index contributed by atoms with van der Waals surface area (Å²) in [6, 6.07) is 18.6. The molecule has 2 aliphatic rings. The molecule has 2 saturated heterocycles. The van der Waals surface area contributed by atoms with E-state index in [0.29, 0.717) is 5.11 Å². The number of benzene rings is 1. The first-order valence-electron chi connectivity index (χ1n) is 14.0. The van der Waals surface area contributed by atoms with E-state index in [1.54, 1.807) is 0 Å². The van der Waals surface area contributed by atoms with E-state index in [2.05, 4.69) is 81.8 Å². The van der Waals surface area contributed by atoms with Gasteiger partial charge in [0, 0.05) is 55.3 Å². The molecule has 0 saturated carbocycles. The van der Waals surface area contributed by atoms with Crippen molar-refractivity contribution in [3.63, 3.8) is 0 Å². The van der Waals surface area contributed by atoms with E-state index in [1.807, 2.05) is 36.8 Å². The summed E-state index contributed by atoms with van der Waals surface area (Å²) in [7, 11) is 0. The summed E-state index contributed by atoms with van der Waals surface area (Å²) in [4.78, 5) is 13.7. The number of thiocarbonyl (C=S) groups is 1. The SMILES string of the molecule is Cc1cc([C@@H]2[C@@H](c3ccccn3)NC(=S)N2c2ccc(N3CCC(C)CC3)c(Cl)c2)c(C)n1Cc1cccnc1. The molecule has 8 heteroatoms. The fourth-order valence-corrected chi connectivity index (χ4v) is 6.79. The van der Waals surface area contributed by atoms with Crippen LogP contribution in [0, 0.1) is 19.8 Å². The number of rotatable bonds is 6. The standard InChI is InChI=1S/C32H35ClN6S/c1-21-11-15-37(16-12-21)29-10-9-25(18-27(29)33)39-31(30(36-32(39)40)28-8-4-5-14-35-28)26-17-22(2)38(23(26)3)20-24-7-6-13-34-19-24/h4-10,13-14,17-19,21,30-31H,11-12,15-16,20H2,1-3H3,(H,36,40)/t30-,31-/m1/s1. The molecule has 0 bridgehead atoms. The van der Waals surface area contributed by atoms with Gasteiger partial charge in [-0.05, 0) is 98.4 Å². The van der Waals surface area contributed by atoms with Crippen LogP contribution in [0.3, 0.4) is 0 Å². The average molecular weight is 571 g/mol. The van der Waals surface area contributed by atoms with Crippen LogP contribution in [0.1, 0.15) is 60.1 Å².